The Morgan fingerprint density at radius 2 is 0.740 bits per heavy atom. The van der Waals surface area contributed by atoms with Crippen molar-refractivity contribution in [2.45, 2.75) is 105 Å². The lowest BCUT2D eigenvalue weighted by atomic mass is 9.33. The molecule has 11 aromatic carbocycles. The number of rotatable bonds is 5. The highest BCUT2D eigenvalue weighted by Crippen LogP contribution is 2.50. The zero-order chi connectivity index (χ0) is 53.5. The molecule has 0 aromatic heterocycles. The first-order valence-electron chi connectivity index (χ1n) is 27.8. The van der Waals surface area contributed by atoms with E-state index in [4.69, 9.17) is 0 Å². The fourth-order valence-electron chi connectivity index (χ4n) is 12.6. The van der Waals surface area contributed by atoms with Crippen LogP contribution in [0.3, 0.4) is 0 Å². The van der Waals surface area contributed by atoms with E-state index in [2.05, 4.69) is 293 Å². The molecule has 0 saturated heterocycles. The first kappa shape index (κ1) is 48.7. The average molecular weight is 997 g/mol. The van der Waals surface area contributed by atoms with E-state index in [-0.39, 0.29) is 28.4 Å². The van der Waals surface area contributed by atoms with Crippen LogP contribution in [0.15, 0.2) is 200 Å². The molecule has 0 fully saturated rings. The summed E-state index contributed by atoms with van der Waals surface area (Å²) in [5.74, 6) is 0. The monoisotopic (exact) mass is 997 g/mol. The van der Waals surface area contributed by atoms with Gasteiger partial charge in [-0.25, -0.2) is 0 Å². The summed E-state index contributed by atoms with van der Waals surface area (Å²) in [6.07, 6.45) is 0. The number of hydrogen-bond donors (Lipinski definition) is 0. The van der Waals surface area contributed by atoms with Gasteiger partial charge in [-0.2, -0.15) is 0 Å². The highest BCUT2D eigenvalue weighted by atomic mass is 15.2. The fourth-order valence-corrected chi connectivity index (χ4v) is 12.6. The minimum atomic E-state index is -0.158. The maximum Gasteiger partial charge on any atom is 0.252 e. The summed E-state index contributed by atoms with van der Waals surface area (Å²) in [6.45, 7) is 28.1. The van der Waals surface area contributed by atoms with Crippen molar-refractivity contribution in [3.05, 3.63) is 222 Å². The van der Waals surface area contributed by atoms with Gasteiger partial charge in [-0.15, -0.1) is 0 Å². The molecule has 2 nitrogen and oxygen atoms in total. The Labute approximate surface area is 457 Å². The first-order chi connectivity index (χ1) is 36.7. The van der Waals surface area contributed by atoms with Gasteiger partial charge in [0.05, 0.1) is 5.69 Å². The minimum absolute atomic E-state index is 0.0240. The lowest BCUT2D eigenvalue weighted by Crippen LogP contribution is -2.61. The Balaban J connectivity index is 1.12. The number of anilines is 6. The quantitative estimate of drug-likeness (QED) is 0.125. The van der Waals surface area contributed by atoms with Crippen molar-refractivity contribution in [2.24, 2.45) is 0 Å². The Bertz CT molecular complexity index is 4050. The maximum atomic E-state index is 2.66. The van der Waals surface area contributed by atoms with Crippen molar-refractivity contribution >= 4 is 89.5 Å². The molecule has 378 valence electrons. The summed E-state index contributed by atoms with van der Waals surface area (Å²) in [5, 5.41) is 7.79. The van der Waals surface area contributed by atoms with Crippen molar-refractivity contribution in [3.8, 4) is 33.4 Å². The molecule has 0 atom stereocenters. The second-order valence-electron chi connectivity index (χ2n) is 26.3. The Morgan fingerprint density at radius 1 is 0.286 bits per heavy atom. The molecule has 2 heterocycles. The molecule has 11 aromatic rings. The smallest absolute Gasteiger partial charge is 0.252 e. The van der Waals surface area contributed by atoms with Crippen molar-refractivity contribution in [1.29, 1.82) is 0 Å². The molecule has 2 aliphatic heterocycles. The average Bonchev–Trinajstić information content (AvgIpc) is 3.57. The molecule has 0 amide bonds. The molecule has 13 rings (SSSR count). The number of benzene rings is 11. The third-order valence-corrected chi connectivity index (χ3v) is 17.0. The van der Waals surface area contributed by atoms with E-state index in [0.717, 1.165) is 0 Å². The van der Waals surface area contributed by atoms with E-state index < -0.39 is 0 Å². The molecular formula is C74H69BN2. The molecule has 2 aliphatic rings. The van der Waals surface area contributed by atoms with E-state index in [0.29, 0.717) is 0 Å². The fraction of sp³-hybridized carbons (Fsp3) is 0.216. The molecule has 0 aliphatic carbocycles. The molecule has 77 heavy (non-hydrogen) atoms. The van der Waals surface area contributed by atoms with Gasteiger partial charge in [0, 0.05) is 34.0 Å². The van der Waals surface area contributed by atoms with Gasteiger partial charge in [0.2, 0.25) is 0 Å². The van der Waals surface area contributed by atoms with Crippen molar-refractivity contribution in [2.75, 3.05) is 9.80 Å². The topological polar surface area (TPSA) is 6.48 Å². The molecule has 0 N–H and O–H groups in total. The van der Waals surface area contributed by atoms with Gasteiger partial charge in [0.15, 0.2) is 0 Å². The standard InChI is InChI=1S/C74H69BN2/c1-71(2,3)55-30-34-59(35-31-55)76-64-38-33-57(73(7,8)9)43-62(64)75-61-41-51(48-23-21-47(22-24-48)46-17-14-13-15-18-46)29-36-65(61)77(67-45-58(74(10,11)12)44-66(76)70(67)75)63-37-32-56(72(4,5)6)42-60(63)54-39-52-27-25-49-19-16-20-50-26-28-53(40-54)69(52)68(49)50/h13-45H,1-12H3. The van der Waals surface area contributed by atoms with Crippen LogP contribution < -0.4 is 26.2 Å². The number of fused-ring (bicyclic) bond motifs is 4. The maximum absolute atomic E-state index is 2.66. The highest BCUT2D eigenvalue weighted by molar-refractivity contribution is 7.00. The van der Waals surface area contributed by atoms with Crippen LogP contribution in [-0.4, -0.2) is 6.71 Å². The van der Waals surface area contributed by atoms with Crippen molar-refractivity contribution in [3.63, 3.8) is 0 Å². The SMILES string of the molecule is CC(C)(C)c1ccc(N2c3ccc(C(C)(C)C)cc3B3c4cc(-c5ccc(-c6ccccc6)cc5)ccc4N(c4ccc(C(C)(C)C)cc4-c4cc5ccc6cccc7ccc(c4)c5c67)c4cc(C(C)(C)C)cc2c43)cc1. The zero-order valence-corrected chi connectivity index (χ0v) is 47.0. The van der Waals surface area contributed by atoms with Crippen LogP contribution in [0, 0.1) is 0 Å². The van der Waals surface area contributed by atoms with Crippen LogP contribution in [0.5, 0.6) is 0 Å². The largest absolute Gasteiger partial charge is 0.311 e. The summed E-state index contributed by atoms with van der Waals surface area (Å²) in [4.78, 5) is 5.25. The molecular weight excluding hydrogens is 928 g/mol. The van der Waals surface area contributed by atoms with Gasteiger partial charge in [0.1, 0.15) is 0 Å². The third kappa shape index (κ3) is 8.15. The van der Waals surface area contributed by atoms with E-state index >= 15 is 0 Å². The minimum Gasteiger partial charge on any atom is -0.311 e. The van der Waals surface area contributed by atoms with Crippen molar-refractivity contribution in [1.82, 2.24) is 0 Å². The molecule has 0 unspecified atom stereocenters. The van der Waals surface area contributed by atoms with E-state index in [9.17, 15) is 0 Å². The lowest BCUT2D eigenvalue weighted by Gasteiger charge is -2.46. The molecule has 0 radical (unpaired) electrons. The highest BCUT2D eigenvalue weighted by Gasteiger charge is 2.45. The van der Waals surface area contributed by atoms with Gasteiger partial charge in [0.25, 0.3) is 6.71 Å². The summed E-state index contributed by atoms with van der Waals surface area (Å²) in [5.41, 5.74) is 23.5. The number of hydrogen-bond acceptors (Lipinski definition) is 2. The lowest BCUT2D eigenvalue weighted by molar-refractivity contribution is 0.589. The van der Waals surface area contributed by atoms with Crippen molar-refractivity contribution < 1.29 is 0 Å². The molecule has 0 saturated carbocycles. The molecule has 0 bridgehead atoms. The summed E-state index contributed by atoms with van der Waals surface area (Å²) in [7, 11) is 0. The van der Waals surface area contributed by atoms with Gasteiger partial charge < -0.3 is 9.80 Å². The normalized spacial score (nSPS) is 13.6. The number of nitrogens with zero attached hydrogens (tertiary/aromatic N) is 2. The second kappa shape index (κ2) is 17.3. The van der Waals surface area contributed by atoms with Crippen LogP contribution >= 0.6 is 0 Å². The third-order valence-electron chi connectivity index (χ3n) is 17.0. The predicted molar refractivity (Wildman–Crippen MR) is 335 cm³/mol. The summed E-state index contributed by atoms with van der Waals surface area (Å²) >= 11 is 0. The van der Waals surface area contributed by atoms with E-state index in [1.165, 1.54) is 138 Å². The van der Waals surface area contributed by atoms with Crippen LogP contribution in [0.2, 0.25) is 0 Å². The van der Waals surface area contributed by atoms with Crippen LogP contribution in [-0.2, 0) is 21.7 Å². The molecule has 0 spiro atoms. The second-order valence-corrected chi connectivity index (χ2v) is 26.3. The predicted octanol–water partition coefficient (Wildman–Crippen LogP) is 18.9. The Morgan fingerprint density at radius 3 is 1.34 bits per heavy atom. The Hall–Kier alpha value is -7.88. The van der Waals surface area contributed by atoms with E-state index in [1.54, 1.807) is 0 Å². The Kier molecular flexibility index (Phi) is 11.0. The van der Waals surface area contributed by atoms with Gasteiger partial charge in [-0.1, -0.05) is 223 Å². The molecule has 3 heteroatoms. The summed E-state index contributed by atoms with van der Waals surface area (Å²) in [6, 6.07) is 77.4. The zero-order valence-electron chi connectivity index (χ0n) is 47.0. The van der Waals surface area contributed by atoms with Gasteiger partial charge >= 0.3 is 0 Å². The van der Waals surface area contributed by atoms with Crippen LogP contribution in [0.4, 0.5) is 34.1 Å². The van der Waals surface area contributed by atoms with Gasteiger partial charge in [-0.3, -0.25) is 0 Å². The van der Waals surface area contributed by atoms with Crippen LogP contribution in [0.1, 0.15) is 105 Å². The first-order valence-corrected chi connectivity index (χ1v) is 27.8. The van der Waals surface area contributed by atoms with Crippen LogP contribution in [0.25, 0.3) is 65.7 Å². The summed E-state index contributed by atoms with van der Waals surface area (Å²) < 4.78 is 0. The van der Waals surface area contributed by atoms with Gasteiger partial charge in [-0.05, 0) is 181 Å². The van der Waals surface area contributed by atoms with E-state index in [1.807, 2.05) is 0 Å².